The van der Waals surface area contributed by atoms with E-state index >= 15 is 0 Å². The zero-order valence-electron chi connectivity index (χ0n) is 12.1. The van der Waals surface area contributed by atoms with Crippen LogP contribution in [0.5, 0.6) is 5.75 Å². The molecule has 5 nitrogen and oxygen atoms in total. The van der Waals surface area contributed by atoms with Crippen LogP contribution < -0.4 is 4.74 Å². The van der Waals surface area contributed by atoms with E-state index in [1.165, 1.54) is 4.90 Å². The number of ether oxygens (including phenoxy) is 1. The van der Waals surface area contributed by atoms with Crippen molar-refractivity contribution in [1.82, 2.24) is 4.90 Å². The highest BCUT2D eigenvalue weighted by atomic mass is 32.2. The van der Waals surface area contributed by atoms with Gasteiger partial charge in [0.15, 0.2) is 15.9 Å². The van der Waals surface area contributed by atoms with Crippen LogP contribution in [0.2, 0.25) is 0 Å². The number of fused-ring (bicyclic) bond motifs is 1. The van der Waals surface area contributed by atoms with E-state index in [9.17, 15) is 13.2 Å². The quantitative estimate of drug-likeness (QED) is 0.767. The van der Waals surface area contributed by atoms with Crippen molar-refractivity contribution < 1.29 is 17.9 Å². The first-order chi connectivity index (χ1) is 10.5. The van der Waals surface area contributed by atoms with Crippen LogP contribution in [0.15, 0.2) is 24.3 Å². The van der Waals surface area contributed by atoms with Gasteiger partial charge in [-0.25, -0.2) is 8.42 Å². The van der Waals surface area contributed by atoms with Gasteiger partial charge in [0, 0.05) is 12.5 Å². The van der Waals surface area contributed by atoms with Crippen LogP contribution in [0.4, 0.5) is 0 Å². The van der Waals surface area contributed by atoms with Crippen molar-refractivity contribution in [2.75, 3.05) is 18.1 Å². The summed E-state index contributed by atoms with van der Waals surface area (Å²) in [7, 11) is -3.07. The van der Waals surface area contributed by atoms with E-state index < -0.39 is 15.9 Å². The third kappa shape index (κ3) is 2.81. The number of hydrogen-bond acceptors (Lipinski definition) is 4. The van der Waals surface area contributed by atoms with Gasteiger partial charge in [-0.2, -0.15) is 0 Å². The lowest BCUT2D eigenvalue weighted by Gasteiger charge is -2.28. The molecule has 0 N–H and O–H groups in total. The number of sulfone groups is 1. The minimum Gasteiger partial charge on any atom is -0.480 e. The lowest BCUT2D eigenvalue weighted by Crippen LogP contribution is -2.47. The Labute approximate surface area is 130 Å². The predicted molar refractivity (Wildman–Crippen MR) is 82.2 cm³/mol. The average Bonchev–Trinajstić information content (AvgIpc) is 3.07. The number of rotatable bonds is 3. The number of benzene rings is 1. The third-order valence-electron chi connectivity index (χ3n) is 4.12. The van der Waals surface area contributed by atoms with E-state index in [2.05, 4.69) is 5.92 Å². The Balaban J connectivity index is 1.76. The van der Waals surface area contributed by atoms with Crippen LogP contribution in [-0.4, -0.2) is 49.4 Å². The molecule has 1 aromatic rings. The molecule has 3 rings (SSSR count). The van der Waals surface area contributed by atoms with E-state index in [1.807, 2.05) is 24.3 Å². The van der Waals surface area contributed by atoms with Gasteiger partial charge in [0.2, 0.25) is 0 Å². The second-order valence-electron chi connectivity index (χ2n) is 5.65. The minimum absolute atomic E-state index is 0.0138. The molecule has 1 saturated heterocycles. The fraction of sp³-hybridized carbons (Fsp3) is 0.438. The predicted octanol–water partition coefficient (Wildman–Crippen LogP) is 0.639. The standard InChI is InChI=1S/C16H17NO4S/c1-2-8-17(13-7-9-22(19,20)11-13)16(18)15-10-12-5-3-4-6-14(12)21-15/h1,3-6,13,15H,7-11H2/t13-,15-/m1/s1. The van der Waals surface area contributed by atoms with Gasteiger partial charge in [0.25, 0.3) is 5.91 Å². The van der Waals surface area contributed by atoms with Gasteiger partial charge >= 0.3 is 0 Å². The van der Waals surface area contributed by atoms with E-state index in [0.29, 0.717) is 18.6 Å². The topological polar surface area (TPSA) is 63.7 Å². The minimum atomic E-state index is -3.07. The highest BCUT2D eigenvalue weighted by molar-refractivity contribution is 7.91. The highest BCUT2D eigenvalue weighted by Crippen LogP contribution is 2.30. The lowest BCUT2D eigenvalue weighted by atomic mass is 10.1. The molecule has 116 valence electrons. The highest BCUT2D eigenvalue weighted by Gasteiger charge is 2.39. The summed E-state index contributed by atoms with van der Waals surface area (Å²) < 4.78 is 29.0. The van der Waals surface area contributed by atoms with Gasteiger partial charge in [0.1, 0.15) is 5.75 Å². The van der Waals surface area contributed by atoms with E-state index in [1.54, 1.807) is 0 Å². The Hall–Kier alpha value is -2.00. The Morgan fingerprint density at radius 1 is 1.41 bits per heavy atom. The zero-order chi connectivity index (χ0) is 15.7. The molecule has 2 aliphatic rings. The number of carbonyl (C=O) groups excluding carboxylic acids is 1. The molecule has 0 spiro atoms. The lowest BCUT2D eigenvalue weighted by molar-refractivity contribution is -0.139. The second kappa shape index (κ2) is 5.65. The summed E-state index contributed by atoms with van der Waals surface area (Å²) in [5.74, 6) is 3.03. The summed E-state index contributed by atoms with van der Waals surface area (Å²) in [6.45, 7) is 0.106. The SMILES string of the molecule is C#CCN(C(=O)[C@H]1Cc2ccccc2O1)[C@@H]1CCS(=O)(=O)C1. The van der Waals surface area contributed by atoms with E-state index in [0.717, 1.165) is 5.56 Å². The smallest absolute Gasteiger partial charge is 0.265 e. The number of amides is 1. The third-order valence-corrected chi connectivity index (χ3v) is 5.87. The summed E-state index contributed by atoms with van der Waals surface area (Å²) in [4.78, 5) is 14.2. The Kier molecular flexibility index (Phi) is 3.83. The molecule has 6 heteroatoms. The summed E-state index contributed by atoms with van der Waals surface area (Å²) in [6, 6.07) is 7.16. The Bertz CT molecular complexity index is 710. The maximum Gasteiger partial charge on any atom is 0.265 e. The van der Waals surface area contributed by atoms with E-state index in [-0.39, 0.29) is 30.0 Å². The van der Waals surface area contributed by atoms with Crippen LogP contribution in [0.25, 0.3) is 0 Å². The monoisotopic (exact) mass is 319 g/mol. The van der Waals surface area contributed by atoms with Crippen molar-refractivity contribution >= 4 is 15.7 Å². The number of nitrogens with zero attached hydrogens (tertiary/aromatic N) is 1. The molecular formula is C16H17NO4S. The van der Waals surface area contributed by atoms with Crippen molar-refractivity contribution in [3.05, 3.63) is 29.8 Å². The molecule has 0 aliphatic carbocycles. The first kappa shape index (κ1) is 14.9. The van der Waals surface area contributed by atoms with Crippen molar-refractivity contribution in [2.45, 2.75) is 25.0 Å². The number of hydrogen-bond donors (Lipinski definition) is 0. The second-order valence-corrected chi connectivity index (χ2v) is 7.87. The van der Waals surface area contributed by atoms with Crippen LogP contribution in [-0.2, 0) is 21.1 Å². The molecule has 0 saturated carbocycles. The maximum atomic E-state index is 12.7. The maximum absolute atomic E-state index is 12.7. The van der Waals surface area contributed by atoms with Crippen LogP contribution in [0, 0.1) is 12.3 Å². The summed E-state index contributed by atoms with van der Waals surface area (Å²) in [6.07, 6.45) is 5.67. The van der Waals surface area contributed by atoms with Crippen LogP contribution in [0.1, 0.15) is 12.0 Å². The number of carbonyl (C=O) groups is 1. The van der Waals surface area contributed by atoms with Crippen molar-refractivity contribution in [3.8, 4) is 18.1 Å². The normalized spacial score (nSPS) is 25.0. The van der Waals surface area contributed by atoms with Gasteiger partial charge in [-0.15, -0.1) is 6.42 Å². The van der Waals surface area contributed by atoms with Gasteiger partial charge in [-0.05, 0) is 18.1 Å². The van der Waals surface area contributed by atoms with E-state index in [4.69, 9.17) is 11.2 Å². The molecule has 22 heavy (non-hydrogen) atoms. The van der Waals surface area contributed by atoms with Crippen LogP contribution in [0.3, 0.4) is 0 Å². The number of para-hydroxylation sites is 1. The molecule has 1 aromatic carbocycles. The fourth-order valence-electron chi connectivity index (χ4n) is 3.01. The van der Waals surface area contributed by atoms with Crippen molar-refractivity contribution in [3.63, 3.8) is 0 Å². The molecule has 2 heterocycles. The first-order valence-corrected chi connectivity index (χ1v) is 9.01. The molecule has 0 unspecified atom stereocenters. The summed E-state index contributed by atoms with van der Waals surface area (Å²) >= 11 is 0. The van der Waals surface area contributed by atoms with Crippen molar-refractivity contribution in [2.24, 2.45) is 0 Å². The average molecular weight is 319 g/mol. The molecule has 2 atom stereocenters. The molecule has 0 aromatic heterocycles. The molecular weight excluding hydrogens is 302 g/mol. The number of terminal acetylenes is 1. The van der Waals surface area contributed by atoms with Gasteiger partial charge in [0.05, 0.1) is 18.1 Å². The van der Waals surface area contributed by atoms with Gasteiger partial charge < -0.3 is 9.64 Å². The molecule has 1 amide bonds. The molecule has 2 aliphatic heterocycles. The zero-order valence-corrected chi connectivity index (χ0v) is 12.9. The molecule has 0 bridgehead atoms. The van der Waals surface area contributed by atoms with Crippen molar-refractivity contribution in [1.29, 1.82) is 0 Å². The largest absolute Gasteiger partial charge is 0.480 e. The summed E-state index contributed by atoms with van der Waals surface area (Å²) in [5.41, 5.74) is 0.987. The molecule has 1 fully saturated rings. The van der Waals surface area contributed by atoms with Crippen LogP contribution >= 0.6 is 0 Å². The summed E-state index contributed by atoms with van der Waals surface area (Å²) in [5, 5.41) is 0. The van der Waals surface area contributed by atoms with Gasteiger partial charge in [-0.3, -0.25) is 4.79 Å². The fourth-order valence-corrected chi connectivity index (χ4v) is 4.74. The Morgan fingerprint density at radius 2 is 2.18 bits per heavy atom. The molecule has 0 radical (unpaired) electrons. The first-order valence-electron chi connectivity index (χ1n) is 7.19. The van der Waals surface area contributed by atoms with Gasteiger partial charge in [-0.1, -0.05) is 24.1 Å². The Morgan fingerprint density at radius 3 is 2.82 bits per heavy atom.